The summed E-state index contributed by atoms with van der Waals surface area (Å²) in [6.45, 7) is 0. The zero-order valence-corrected chi connectivity index (χ0v) is 11.7. The van der Waals surface area contributed by atoms with Gasteiger partial charge in [0.05, 0.1) is 12.8 Å². The maximum absolute atomic E-state index is 12.1. The molecule has 0 radical (unpaired) electrons. The van der Waals surface area contributed by atoms with Crippen molar-refractivity contribution in [2.24, 2.45) is 7.05 Å². The van der Waals surface area contributed by atoms with Crippen molar-refractivity contribution in [1.82, 2.24) is 4.57 Å². The summed E-state index contributed by atoms with van der Waals surface area (Å²) in [5.41, 5.74) is 1.23. The first-order chi connectivity index (χ1) is 8.61. The number of aryl methyl sites for hydroxylation is 1. The summed E-state index contributed by atoms with van der Waals surface area (Å²) in [6, 6.07) is 9.07. The van der Waals surface area contributed by atoms with Crippen molar-refractivity contribution in [2.75, 3.05) is 12.4 Å². The number of para-hydroxylation sites is 2. The van der Waals surface area contributed by atoms with Crippen LogP contribution in [0.3, 0.4) is 0 Å². The smallest absolute Gasteiger partial charge is 0.272 e. The van der Waals surface area contributed by atoms with Gasteiger partial charge in [-0.25, -0.2) is 0 Å². The quantitative estimate of drug-likeness (QED) is 0.947. The molecule has 5 heteroatoms. The lowest BCUT2D eigenvalue weighted by Gasteiger charge is -2.09. The summed E-state index contributed by atoms with van der Waals surface area (Å²) in [5, 5.41) is 2.83. The minimum atomic E-state index is -0.173. The monoisotopic (exact) mass is 308 g/mol. The minimum Gasteiger partial charge on any atom is -0.495 e. The summed E-state index contributed by atoms with van der Waals surface area (Å²) in [5.74, 6) is 0.465. The van der Waals surface area contributed by atoms with Crippen LogP contribution < -0.4 is 10.1 Å². The number of nitrogens with zero attached hydrogens (tertiary/aromatic N) is 1. The number of anilines is 1. The van der Waals surface area contributed by atoms with Gasteiger partial charge in [0.15, 0.2) is 0 Å². The van der Waals surface area contributed by atoms with Gasteiger partial charge < -0.3 is 14.6 Å². The summed E-state index contributed by atoms with van der Waals surface area (Å²) in [7, 11) is 3.39. The van der Waals surface area contributed by atoms with E-state index < -0.39 is 0 Å². The van der Waals surface area contributed by atoms with E-state index in [4.69, 9.17) is 4.74 Å². The van der Waals surface area contributed by atoms with Crippen LogP contribution in [0.4, 0.5) is 5.69 Å². The van der Waals surface area contributed by atoms with Gasteiger partial charge in [-0.2, -0.15) is 0 Å². The molecule has 0 spiro atoms. The molecule has 0 aliphatic heterocycles. The first kappa shape index (κ1) is 12.7. The van der Waals surface area contributed by atoms with Crippen molar-refractivity contribution >= 4 is 27.5 Å². The molecule has 18 heavy (non-hydrogen) atoms. The molecule has 1 aromatic heterocycles. The average Bonchev–Trinajstić information content (AvgIpc) is 2.69. The van der Waals surface area contributed by atoms with E-state index >= 15 is 0 Å². The fourth-order valence-electron chi connectivity index (χ4n) is 1.68. The van der Waals surface area contributed by atoms with Crippen LogP contribution in [0.25, 0.3) is 0 Å². The number of aromatic nitrogens is 1. The maximum atomic E-state index is 12.1. The number of halogens is 1. The highest BCUT2D eigenvalue weighted by atomic mass is 79.9. The molecule has 0 fully saturated rings. The van der Waals surface area contributed by atoms with Gasteiger partial charge in [-0.05, 0) is 34.1 Å². The number of amides is 1. The number of methoxy groups -OCH3 is 1. The highest BCUT2D eigenvalue weighted by Crippen LogP contribution is 2.24. The third-order valence-electron chi connectivity index (χ3n) is 2.56. The Morgan fingerprint density at radius 1 is 1.39 bits per heavy atom. The first-order valence-electron chi connectivity index (χ1n) is 5.38. The Morgan fingerprint density at radius 2 is 2.11 bits per heavy atom. The zero-order chi connectivity index (χ0) is 13.1. The SMILES string of the molecule is COc1ccccc1NC(=O)c1cc(Br)cn1C. The molecule has 0 bridgehead atoms. The molecule has 94 valence electrons. The van der Waals surface area contributed by atoms with Crippen LogP contribution in [0.5, 0.6) is 5.75 Å². The molecule has 0 aliphatic rings. The normalized spacial score (nSPS) is 10.2. The number of benzene rings is 1. The average molecular weight is 309 g/mol. The first-order valence-corrected chi connectivity index (χ1v) is 6.17. The van der Waals surface area contributed by atoms with Gasteiger partial charge in [-0.15, -0.1) is 0 Å². The molecule has 0 aliphatic carbocycles. The molecule has 0 unspecified atom stereocenters. The third-order valence-corrected chi connectivity index (χ3v) is 2.99. The Labute approximate surface area is 114 Å². The third kappa shape index (κ3) is 2.56. The fourth-order valence-corrected chi connectivity index (χ4v) is 2.21. The minimum absolute atomic E-state index is 0.173. The molecule has 0 saturated heterocycles. The van der Waals surface area contributed by atoms with Gasteiger partial charge in [0, 0.05) is 17.7 Å². The van der Waals surface area contributed by atoms with Crippen molar-refractivity contribution in [1.29, 1.82) is 0 Å². The van der Waals surface area contributed by atoms with Gasteiger partial charge in [-0.3, -0.25) is 4.79 Å². The van der Waals surface area contributed by atoms with Crippen LogP contribution in [0.2, 0.25) is 0 Å². The van der Waals surface area contributed by atoms with Gasteiger partial charge in [-0.1, -0.05) is 12.1 Å². The van der Waals surface area contributed by atoms with E-state index in [1.54, 1.807) is 29.9 Å². The Balaban J connectivity index is 2.24. The van der Waals surface area contributed by atoms with E-state index in [9.17, 15) is 4.79 Å². The van der Waals surface area contributed by atoms with Crippen molar-refractivity contribution in [3.8, 4) is 5.75 Å². The van der Waals surface area contributed by atoms with Crippen molar-refractivity contribution < 1.29 is 9.53 Å². The Kier molecular flexibility index (Phi) is 3.72. The van der Waals surface area contributed by atoms with Crippen molar-refractivity contribution in [2.45, 2.75) is 0 Å². The highest BCUT2D eigenvalue weighted by molar-refractivity contribution is 9.10. The Morgan fingerprint density at radius 3 is 2.72 bits per heavy atom. The zero-order valence-electron chi connectivity index (χ0n) is 10.1. The van der Waals surface area contributed by atoms with E-state index in [0.717, 1.165) is 4.47 Å². The standard InChI is InChI=1S/C13H13BrN2O2/c1-16-8-9(14)7-11(16)13(17)15-10-5-3-4-6-12(10)18-2/h3-8H,1-2H3,(H,15,17). The van der Waals surface area contributed by atoms with Crippen LogP contribution in [0.1, 0.15) is 10.5 Å². The van der Waals surface area contributed by atoms with Gasteiger partial charge >= 0.3 is 0 Å². The molecule has 1 amide bonds. The van der Waals surface area contributed by atoms with Crippen molar-refractivity contribution in [3.05, 3.63) is 46.7 Å². The lowest BCUT2D eigenvalue weighted by molar-refractivity contribution is 0.101. The van der Waals surface area contributed by atoms with Crippen molar-refractivity contribution in [3.63, 3.8) is 0 Å². The molecule has 1 aromatic carbocycles. The second-order valence-corrected chi connectivity index (χ2v) is 4.72. The molecule has 2 rings (SSSR count). The molecule has 2 aromatic rings. The van der Waals surface area contributed by atoms with Crippen LogP contribution in [-0.2, 0) is 7.05 Å². The summed E-state index contributed by atoms with van der Waals surface area (Å²) >= 11 is 3.34. The van der Waals surface area contributed by atoms with Crippen LogP contribution in [0, 0.1) is 0 Å². The second-order valence-electron chi connectivity index (χ2n) is 3.81. The van der Waals surface area contributed by atoms with Gasteiger partial charge in [0.2, 0.25) is 0 Å². The number of rotatable bonds is 3. The number of ether oxygens (including phenoxy) is 1. The maximum Gasteiger partial charge on any atom is 0.272 e. The molecule has 4 nitrogen and oxygen atoms in total. The van der Waals surface area contributed by atoms with E-state index in [0.29, 0.717) is 17.1 Å². The topological polar surface area (TPSA) is 43.3 Å². The lowest BCUT2D eigenvalue weighted by atomic mass is 10.3. The largest absolute Gasteiger partial charge is 0.495 e. The molecular weight excluding hydrogens is 296 g/mol. The fraction of sp³-hybridized carbons (Fsp3) is 0.154. The summed E-state index contributed by atoms with van der Waals surface area (Å²) in [4.78, 5) is 12.1. The number of carbonyl (C=O) groups excluding carboxylic acids is 1. The van der Waals surface area contributed by atoms with Gasteiger partial charge in [0.25, 0.3) is 5.91 Å². The van der Waals surface area contributed by atoms with Gasteiger partial charge in [0.1, 0.15) is 11.4 Å². The number of carbonyl (C=O) groups is 1. The number of nitrogens with one attached hydrogen (secondary N) is 1. The predicted molar refractivity (Wildman–Crippen MR) is 74.1 cm³/mol. The second kappa shape index (κ2) is 5.27. The Hall–Kier alpha value is -1.75. The van der Waals surface area contributed by atoms with E-state index in [1.165, 1.54) is 0 Å². The molecule has 1 N–H and O–H groups in total. The van der Waals surface area contributed by atoms with Crippen LogP contribution in [0.15, 0.2) is 41.0 Å². The number of hydrogen-bond acceptors (Lipinski definition) is 2. The van der Waals surface area contributed by atoms with E-state index in [1.807, 2.05) is 25.4 Å². The highest BCUT2D eigenvalue weighted by Gasteiger charge is 2.13. The summed E-state index contributed by atoms with van der Waals surface area (Å²) in [6.07, 6.45) is 1.83. The van der Waals surface area contributed by atoms with Crippen LogP contribution >= 0.6 is 15.9 Å². The lowest BCUT2D eigenvalue weighted by Crippen LogP contribution is -2.15. The molecule has 0 atom stereocenters. The molecular formula is C13H13BrN2O2. The predicted octanol–water partition coefficient (Wildman–Crippen LogP) is 3.05. The molecule has 0 saturated carbocycles. The number of hydrogen-bond donors (Lipinski definition) is 1. The van der Waals surface area contributed by atoms with Crippen LogP contribution in [-0.4, -0.2) is 17.6 Å². The van der Waals surface area contributed by atoms with E-state index in [-0.39, 0.29) is 5.91 Å². The Bertz CT molecular complexity index is 578. The van der Waals surface area contributed by atoms with E-state index in [2.05, 4.69) is 21.2 Å². The molecule has 1 heterocycles. The summed E-state index contributed by atoms with van der Waals surface area (Å²) < 4.78 is 7.82.